The molecule has 1 aliphatic heterocycles. The summed E-state index contributed by atoms with van der Waals surface area (Å²) in [4.78, 5) is 12.2. The number of ether oxygens (including phenoxy) is 1. The fraction of sp³-hybridized carbons (Fsp3) is 0.481. The van der Waals surface area contributed by atoms with E-state index in [0.717, 1.165) is 66.9 Å². The highest BCUT2D eigenvalue weighted by atomic mass is 32.2. The molecule has 3 atom stereocenters. The Hall–Kier alpha value is -2.19. The summed E-state index contributed by atoms with van der Waals surface area (Å²) < 4.78 is 5.36. The third-order valence-electron chi connectivity index (χ3n) is 6.90. The van der Waals surface area contributed by atoms with Crippen molar-refractivity contribution in [2.75, 3.05) is 39.1 Å². The van der Waals surface area contributed by atoms with Crippen LogP contribution in [0, 0.1) is 11.8 Å². The number of thioether (sulfide) groups is 1. The van der Waals surface area contributed by atoms with Gasteiger partial charge in [0.15, 0.2) is 0 Å². The van der Waals surface area contributed by atoms with Gasteiger partial charge in [0.2, 0.25) is 0 Å². The number of nitrogens with zero attached hydrogens (tertiary/aromatic N) is 3. The van der Waals surface area contributed by atoms with Crippen molar-refractivity contribution in [2.45, 2.75) is 36.7 Å². The number of piperidine rings is 1. The highest BCUT2D eigenvalue weighted by Gasteiger charge is 2.29. The van der Waals surface area contributed by atoms with Crippen LogP contribution in [0.4, 0.5) is 0 Å². The normalized spacial score (nSPS) is 19.9. The summed E-state index contributed by atoms with van der Waals surface area (Å²) in [6.07, 6.45) is 8.67. The molecule has 6 nitrogen and oxygen atoms in total. The van der Waals surface area contributed by atoms with Gasteiger partial charge in [0.1, 0.15) is 5.75 Å². The lowest BCUT2D eigenvalue weighted by molar-refractivity contribution is 0.0581. The zero-order valence-electron chi connectivity index (χ0n) is 19.8. The average molecular weight is 482 g/mol. The first-order valence-corrected chi connectivity index (χ1v) is 13.1. The van der Waals surface area contributed by atoms with E-state index >= 15 is 0 Å². The van der Waals surface area contributed by atoms with Crippen LogP contribution >= 0.6 is 11.8 Å². The molecule has 0 saturated carbocycles. The van der Waals surface area contributed by atoms with Gasteiger partial charge in [0, 0.05) is 42.0 Å². The molecule has 1 aromatic carbocycles. The van der Waals surface area contributed by atoms with Crippen LogP contribution < -0.4 is 4.74 Å². The summed E-state index contributed by atoms with van der Waals surface area (Å²) in [7, 11) is 1.65. The van der Waals surface area contributed by atoms with Crippen LogP contribution in [0.5, 0.6) is 5.75 Å². The molecule has 4 rings (SSSR count). The molecule has 3 aromatic rings. The predicted octanol–water partition coefficient (Wildman–Crippen LogP) is 4.56. The Morgan fingerprint density at radius 1 is 1.15 bits per heavy atom. The Bertz CT molecular complexity index is 1040. The molecule has 1 aliphatic rings. The van der Waals surface area contributed by atoms with E-state index in [1.165, 1.54) is 4.90 Å². The predicted molar refractivity (Wildman–Crippen MR) is 137 cm³/mol. The number of aliphatic hydroxyl groups excluding tert-OH is 2. The van der Waals surface area contributed by atoms with Crippen LogP contribution in [0.1, 0.15) is 37.4 Å². The monoisotopic (exact) mass is 481 g/mol. The number of fused-ring (bicyclic) bond motifs is 1. The minimum atomic E-state index is -0.555. The molecule has 7 heteroatoms. The van der Waals surface area contributed by atoms with Crippen molar-refractivity contribution in [1.82, 2.24) is 14.9 Å². The van der Waals surface area contributed by atoms with E-state index in [1.807, 2.05) is 48.4 Å². The summed E-state index contributed by atoms with van der Waals surface area (Å²) in [5.74, 6) is 2.55. The van der Waals surface area contributed by atoms with Crippen molar-refractivity contribution >= 4 is 22.7 Å². The van der Waals surface area contributed by atoms with E-state index in [4.69, 9.17) is 4.74 Å². The largest absolute Gasteiger partial charge is 0.497 e. The molecule has 1 saturated heterocycles. The number of methoxy groups -OCH3 is 1. The van der Waals surface area contributed by atoms with Gasteiger partial charge in [-0.2, -0.15) is 0 Å². The van der Waals surface area contributed by atoms with Crippen LogP contribution in [0.15, 0.2) is 59.9 Å². The van der Waals surface area contributed by atoms with Crippen molar-refractivity contribution in [3.8, 4) is 5.75 Å². The number of hydrogen-bond acceptors (Lipinski definition) is 7. The van der Waals surface area contributed by atoms with Crippen LogP contribution in [-0.4, -0.2) is 64.2 Å². The Morgan fingerprint density at radius 3 is 2.79 bits per heavy atom. The first-order valence-electron chi connectivity index (χ1n) is 12.1. The minimum absolute atomic E-state index is 0.207. The third-order valence-corrected chi connectivity index (χ3v) is 8.00. The summed E-state index contributed by atoms with van der Waals surface area (Å²) in [6, 6.07) is 11.8. The fourth-order valence-corrected chi connectivity index (χ4v) is 5.77. The van der Waals surface area contributed by atoms with Gasteiger partial charge in [0.05, 0.1) is 18.7 Å². The lowest BCUT2D eigenvalue weighted by atomic mass is 9.81. The third kappa shape index (κ3) is 6.48. The second kappa shape index (κ2) is 12.5. The molecule has 0 aliphatic carbocycles. The highest BCUT2D eigenvalue weighted by molar-refractivity contribution is 7.99. The van der Waals surface area contributed by atoms with E-state index < -0.39 is 6.10 Å². The standard InChI is InChI=1S/C27H35N3O3S/c1-33-22-4-5-26-25(17-22)24(9-13-29-26)27(32)6-3-20-10-15-30(18-21(20)19-31)14-2-16-34-23-7-11-28-12-8-23/h4-5,7-9,11-13,17,20-21,27,31-32H,2-3,6,10,14-16,18-19H2,1H3/t20-,21-,27-/m1/s1. The van der Waals surface area contributed by atoms with Crippen LogP contribution in [-0.2, 0) is 0 Å². The molecular weight excluding hydrogens is 446 g/mol. The molecule has 0 bridgehead atoms. The minimum Gasteiger partial charge on any atom is -0.497 e. The van der Waals surface area contributed by atoms with E-state index in [1.54, 1.807) is 13.3 Å². The van der Waals surface area contributed by atoms with E-state index in [9.17, 15) is 10.2 Å². The van der Waals surface area contributed by atoms with E-state index in [0.29, 0.717) is 12.3 Å². The molecule has 34 heavy (non-hydrogen) atoms. The zero-order valence-corrected chi connectivity index (χ0v) is 20.7. The quantitative estimate of drug-likeness (QED) is 0.307. The second-order valence-corrected chi connectivity index (χ2v) is 10.2. The van der Waals surface area contributed by atoms with Gasteiger partial charge < -0.3 is 19.8 Å². The highest BCUT2D eigenvalue weighted by Crippen LogP contribution is 2.33. The lowest BCUT2D eigenvalue weighted by Crippen LogP contribution is -2.42. The van der Waals surface area contributed by atoms with Gasteiger partial charge in [-0.1, -0.05) is 0 Å². The number of aliphatic hydroxyl groups is 2. The van der Waals surface area contributed by atoms with Crippen LogP contribution in [0.25, 0.3) is 10.9 Å². The second-order valence-electron chi connectivity index (χ2n) is 9.05. The maximum Gasteiger partial charge on any atom is 0.119 e. The number of hydrogen-bond donors (Lipinski definition) is 2. The molecule has 3 heterocycles. The van der Waals surface area contributed by atoms with Crippen LogP contribution in [0.2, 0.25) is 0 Å². The average Bonchev–Trinajstić information content (AvgIpc) is 2.89. The topological polar surface area (TPSA) is 78.7 Å². The van der Waals surface area contributed by atoms with Gasteiger partial charge in [-0.15, -0.1) is 11.8 Å². The summed E-state index contributed by atoms with van der Waals surface area (Å²) in [5.41, 5.74) is 1.76. The van der Waals surface area contributed by atoms with Crippen molar-refractivity contribution in [1.29, 1.82) is 0 Å². The lowest BCUT2D eigenvalue weighted by Gasteiger charge is -2.38. The summed E-state index contributed by atoms with van der Waals surface area (Å²) >= 11 is 1.87. The van der Waals surface area contributed by atoms with Crippen molar-refractivity contribution in [2.24, 2.45) is 11.8 Å². The molecule has 0 spiro atoms. The molecule has 182 valence electrons. The maximum absolute atomic E-state index is 11.0. The van der Waals surface area contributed by atoms with E-state index in [2.05, 4.69) is 27.0 Å². The Morgan fingerprint density at radius 2 is 2.00 bits per heavy atom. The molecule has 0 unspecified atom stereocenters. The number of aromatic nitrogens is 2. The van der Waals surface area contributed by atoms with Crippen molar-refractivity contribution in [3.05, 3.63) is 60.6 Å². The first-order chi connectivity index (χ1) is 16.7. The summed E-state index contributed by atoms with van der Waals surface area (Å²) in [6.45, 7) is 3.27. The van der Waals surface area contributed by atoms with Crippen molar-refractivity contribution < 1.29 is 14.9 Å². The van der Waals surface area contributed by atoms with Crippen LogP contribution in [0.3, 0.4) is 0 Å². The first kappa shape index (κ1) is 24.9. The number of benzene rings is 1. The molecule has 0 radical (unpaired) electrons. The van der Waals surface area contributed by atoms with Gasteiger partial charge in [0.25, 0.3) is 0 Å². The van der Waals surface area contributed by atoms with Gasteiger partial charge in [-0.3, -0.25) is 9.97 Å². The number of rotatable bonds is 11. The molecular formula is C27H35N3O3S. The maximum atomic E-state index is 11.0. The molecule has 2 N–H and O–H groups in total. The van der Waals surface area contributed by atoms with Gasteiger partial charge >= 0.3 is 0 Å². The Labute approximate surface area is 206 Å². The zero-order chi connectivity index (χ0) is 23.8. The number of pyridine rings is 2. The number of likely N-dealkylation sites (tertiary alicyclic amines) is 1. The smallest absolute Gasteiger partial charge is 0.119 e. The fourth-order valence-electron chi connectivity index (χ4n) is 4.95. The molecule has 0 amide bonds. The Kier molecular flexibility index (Phi) is 9.16. The Balaban J connectivity index is 1.26. The van der Waals surface area contributed by atoms with E-state index in [-0.39, 0.29) is 12.5 Å². The molecule has 2 aromatic heterocycles. The molecule has 1 fully saturated rings. The van der Waals surface area contributed by atoms with Gasteiger partial charge in [-0.05, 0) is 98.3 Å². The summed E-state index contributed by atoms with van der Waals surface area (Å²) in [5, 5.41) is 22.0. The SMILES string of the molecule is COc1ccc2nccc([C@H](O)CC[C@@H]3CCN(CCCSc4ccncc4)C[C@@H]3CO)c2c1. The van der Waals surface area contributed by atoms with Crippen molar-refractivity contribution in [3.63, 3.8) is 0 Å². The van der Waals surface area contributed by atoms with Gasteiger partial charge in [-0.25, -0.2) is 0 Å².